The second-order valence-electron chi connectivity index (χ2n) is 6.35. The first-order valence-electron chi connectivity index (χ1n) is 8.81. The Balaban J connectivity index is 1.57. The molecule has 0 aliphatic carbocycles. The number of hydrogen-bond acceptors (Lipinski definition) is 3. The van der Waals surface area contributed by atoms with Crippen molar-refractivity contribution in [2.75, 3.05) is 0 Å². The number of amides is 1. The van der Waals surface area contributed by atoms with Gasteiger partial charge in [0.25, 0.3) is 5.91 Å². The molecule has 1 heterocycles. The number of hydrogen-bond donors (Lipinski definition) is 3. The van der Waals surface area contributed by atoms with Gasteiger partial charge in [-0.2, -0.15) is 5.10 Å². The molecule has 0 radical (unpaired) electrons. The molecule has 0 unspecified atom stereocenters. The van der Waals surface area contributed by atoms with Crippen LogP contribution in [0.5, 0.6) is 5.75 Å². The molecule has 1 amide bonds. The van der Waals surface area contributed by atoms with E-state index in [1.54, 1.807) is 18.3 Å². The minimum atomic E-state index is -0.455. The van der Waals surface area contributed by atoms with Crippen LogP contribution in [0.15, 0.2) is 65.9 Å². The quantitative estimate of drug-likeness (QED) is 0.375. The highest BCUT2D eigenvalue weighted by Gasteiger charge is 2.12. The molecule has 27 heavy (non-hydrogen) atoms. The van der Waals surface area contributed by atoms with Crippen molar-refractivity contribution in [2.24, 2.45) is 5.10 Å². The van der Waals surface area contributed by atoms with Crippen LogP contribution in [0.25, 0.3) is 21.7 Å². The third-order valence-electron chi connectivity index (χ3n) is 4.69. The Morgan fingerprint density at radius 1 is 1.15 bits per heavy atom. The largest absolute Gasteiger partial charge is 0.507 e. The second kappa shape index (κ2) is 6.96. The van der Waals surface area contributed by atoms with Crippen molar-refractivity contribution in [3.8, 4) is 5.75 Å². The van der Waals surface area contributed by atoms with Crippen LogP contribution in [0.1, 0.15) is 28.4 Å². The lowest BCUT2D eigenvalue weighted by Gasteiger charge is -2.05. The Bertz CT molecular complexity index is 1170. The van der Waals surface area contributed by atoms with Crippen LogP contribution in [0, 0.1) is 0 Å². The maximum atomic E-state index is 12.4. The predicted octanol–water partition coefficient (Wildman–Crippen LogP) is 4.35. The maximum absolute atomic E-state index is 12.4. The molecule has 3 N–H and O–H groups in total. The zero-order valence-corrected chi connectivity index (χ0v) is 14.9. The van der Waals surface area contributed by atoms with Gasteiger partial charge in [0.2, 0.25) is 0 Å². The van der Waals surface area contributed by atoms with E-state index in [4.69, 9.17) is 0 Å². The monoisotopic (exact) mass is 357 g/mol. The molecule has 0 aliphatic rings. The highest BCUT2D eigenvalue weighted by molar-refractivity contribution is 6.03. The van der Waals surface area contributed by atoms with Gasteiger partial charge in [0.1, 0.15) is 5.75 Å². The number of carbonyl (C=O) groups excluding carboxylic acids is 1. The number of nitrogens with one attached hydrogen (secondary N) is 2. The lowest BCUT2D eigenvalue weighted by Crippen LogP contribution is -2.17. The Labute approximate surface area is 156 Å². The molecule has 4 aromatic rings. The molecule has 5 heteroatoms. The van der Waals surface area contributed by atoms with E-state index >= 15 is 0 Å². The lowest BCUT2D eigenvalue weighted by atomic mass is 10.1. The summed E-state index contributed by atoms with van der Waals surface area (Å²) in [6.45, 7) is 2.11. The normalized spacial score (nSPS) is 11.4. The van der Waals surface area contributed by atoms with E-state index in [1.165, 1.54) is 5.56 Å². The minimum Gasteiger partial charge on any atom is -0.507 e. The van der Waals surface area contributed by atoms with Gasteiger partial charge in [0.15, 0.2) is 0 Å². The van der Waals surface area contributed by atoms with Gasteiger partial charge in [0, 0.05) is 22.7 Å². The third kappa shape index (κ3) is 3.15. The van der Waals surface area contributed by atoms with Crippen LogP contribution in [0.3, 0.4) is 0 Å². The first kappa shape index (κ1) is 16.8. The molecule has 0 aliphatic heterocycles. The van der Waals surface area contributed by atoms with Crippen molar-refractivity contribution in [2.45, 2.75) is 13.3 Å². The van der Waals surface area contributed by atoms with E-state index in [0.717, 1.165) is 33.7 Å². The zero-order valence-electron chi connectivity index (χ0n) is 14.9. The molecule has 0 bridgehead atoms. The predicted molar refractivity (Wildman–Crippen MR) is 108 cm³/mol. The standard InChI is InChI=1S/C22H19N3O2/c1-2-14-8-5-9-18-17(12-23-21(14)18)13-24-25-22(27)19-10-15-6-3-4-7-16(15)11-20(19)26/h3-13,23,26H,2H2,1H3,(H,25,27)/b24-13+. The fraction of sp³-hybridized carbons (Fsp3) is 0.0909. The van der Waals surface area contributed by atoms with Gasteiger partial charge in [-0.3, -0.25) is 4.79 Å². The van der Waals surface area contributed by atoms with Crippen LogP contribution >= 0.6 is 0 Å². The fourth-order valence-electron chi connectivity index (χ4n) is 3.27. The van der Waals surface area contributed by atoms with E-state index < -0.39 is 5.91 Å². The average Bonchev–Trinajstić information content (AvgIpc) is 3.10. The zero-order chi connectivity index (χ0) is 18.8. The van der Waals surface area contributed by atoms with E-state index in [1.807, 2.05) is 42.6 Å². The van der Waals surface area contributed by atoms with Crippen molar-refractivity contribution in [3.63, 3.8) is 0 Å². The first-order chi connectivity index (χ1) is 13.2. The van der Waals surface area contributed by atoms with Crippen molar-refractivity contribution in [1.82, 2.24) is 10.4 Å². The average molecular weight is 357 g/mol. The molecule has 0 fully saturated rings. The summed E-state index contributed by atoms with van der Waals surface area (Å²) < 4.78 is 0. The number of aromatic nitrogens is 1. The van der Waals surface area contributed by atoms with E-state index in [2.05, 4.69) is 28.5 Å². The summed E-state index contributed by atoms with van der Waals surface area (Å²) >= 11 is 0. The van der Waals surface area contributed by atoms with Gasteiger partial charge >= 0.3 is 0 Å². The van der Waals surface area contributed by atoms with Gasteiger partial charge in [0.05, 0.1) is 11.8 Å². The highest BCUT2D eigenvalue weighted by Crippen LogP contribution is 2.25. The minimum absolute atomic E-state index is 0.0684. The molecule has 5 nitrogen and oxygen atoms in total. The number of nitrogens with zero attached hydrogens (tertiary/aromatic N) is 1. The summed E-state index contributed by atoms with van der Waals surface area (Å²) in [5.74, 6) is -0.523. The Kier molecular flexibility index (Phi) is 4.34. The molecule has 134 valence electrons. The lowest BCUT2D eigenvalue weighted by molar-refractivity contribution is 0.0952. The van der Waals surface area contributed by atoms with Crippen LogP contribution in [-0.4, -0.2) is 22.2 Å². The number of fused-ring (bicyclic) bond motifs is 2. The number of hydrazone groups is 1. The van der Waals surface area contributed by atoms with E-state index in [9.17, 15) is 9.90 Å². The van der Waals surface area contributed by atoms with E-state index in [-0.39, 0.29) is 11.3 Å². The van der Waals surface area contributed by atoms with Gasteiger partial charge in [-0.25, -0.2) is 5.43 Å². The second-order valence-corrected chi connectivity index (χ2v) is 6.35. The number of phenols is 1. The first-order valence-corrected chi connectivity index (χ1v) is 8.81. The number of aryl methyl sites for hydroxylation is 1. The van der Waals surface area contributed by atoms with Crippen molar-refractivity contribution in [3.05, 3.63) is 77.5 Å². The topological polar surface area (TPSA) is 77.5 Å². The summed E-state index contributed by atoms with van der Waals surface area (Å²) in [6, 6.07) is 16.9. The summed E-state index contributed by atoms with van der Waals surface area (Å²) in [6.07, 6.45) is 4.41. The number of aromatic amines is 1. The van der Waals surface area contributed by atoms with Gasteiger partial charge < -0.3 is 10.1 Å². The number of carbonyl (C=O) groups is 1. The summed E-state index contributed by atoms with van der Waals surface area (Å²) in [5.41, 5.74) is 5.89. The summed E-state index contributed by atoms with van der Waals surface area (Å²) in [4.78, 5) is 15.7. The number of rotatable bonds is 4. The summed E-state index contributed by atoms with van der Waals surface area (Å²) in [7, 11) is 0. The molecular weight excluding hydrogens is 338 g/mol. The number of phenolic OH excluding ortho intramolecular Hbond substituents is 1. The molecule has 0 atom stereocenters. The summed E-state index contributed by atoms with van der Waals surface area (Å²) in [5, 5.41) is 17.0. The smallest absolute Gasteiger partial charge is 0.275 e. The Hall–Kier alpha value is -3.60. The third-order valence-corrected chi connectivity index (χ3v) is 4.69. The Morgan fingerprint density at radius 2 is 1.93 bits per heavy atom. The van der Waals surface area contributed by atoms with Gasteiger partial charge in [-0.1, -0.05) is 49.4 Å². The Morgan fingerprint density at radius 3 is 2.70 bits per heavy atom. The van der Waals surface area contributed by atoms with Gasteiger partial charge in [-0.05, 0) is 34.9 Å². The van der Waals surface area contributed by atoms with Gasteiger partial charge in [-0.15, -0.1) is 0 Å². The maximum Gasteiger partial charge on any atom is 0.275 e. The highest BCUT2D eigenvalue weighted by atomic mass is 16.3. The molecular formula is C22H19N3O2. The number of H-pyrrole nitrogens is 1. The van der Waals surface area contributed by atoms with Crippen LogP contribution in [-0.2, 0) is 6.42 Å². The molecule has 1 aromatic heterocycles. The molecule has 0 saturated carbocycles. The fourth-order valence-corrected chi connectivity index (χ4v) is 3.27. The van der Waals surface area contributed by atoms with Crippen LogP contribution in [0.2, 0.25) is 0 Å². The molecule has 3 aromatic carbocycles. The number of aromatic hydroxyl groups is 1. The van der Waals surface area contributed by atoms with E-state index in [0.29, 0.717) is 0 Å². The van der Waals surface area contributed by atoms with Crippen LogP contribution in [0.4, 0.5) is 0 Å². The SMILES string of the molecule is CCc1cccc2c(/C=N/NC(=O)c3cc4ccccc4cc3O)c[nH]c12. The number of para-hydroxylation sites is 1. The van der Waals surface area contributed by atoms with Crippen molar-refractivity contribution < 1.29 is 9.90 Å². The molecule has 4 rings (SSSR count). The molecule has 0 saturated heterocycles. The number of benzene rings is 3. The molecule has 0 spiro atoms. The van der Waals surface area contributed by atoms with Crippen molar-refractivity contribution >= 4 is 33.8 Å². The van der Waals surface area contributed by atoms with Crippen molar-refractivity contribution in [1.29, 1.82) is 0 Å². The van der Waals surface area contributed by atoms with Crippen LogP contribution < -0.4 is 5.43 Å².